The van der Waals surface area contributed by atoms with Gasteiger partial charge in [-0.05, 0) is 30.9 Å². The Morgan fingerprint density at radius 3 is 2.35 bits per heavy atom. The van der Waals surface area contributed by atoms with E-state index in [1.165, 1.54) is 18.5 Å². The van der Waals surface area contributed by atoms with Crippen LogP contribution in [0.4, 0.5) is 0 Å². The van der Waals surface area contributed by atoms with Crippen molar-refractivity contribution in [3.8, 4) is 11.5 Å². The summed E-state index contributed by atoms with van der Waals surface area (Å²) in [6.45, 7) is 3.29. The third-order valence-electron chi connectivity index (χ3n) is 3.73. The first-order valence-electron chi connectivity index (χ1n) is 6.71. The zero-order valence-electron chi connectivity index (χ0n) is 12.1. The van der Waals surface area contributed by atoms with E-state index < -0.39 is 10.0 Å². The lowest BCUT2D eigenvalue weighted by atomic mass is 10.0. The predicted octanol–water partition coefficient (Wildman–Crippen LogP) is 2.12. The van der Waals surface area contributed by atoms with E-state index in [9.17, 15) is 8.42 Å². The Morgan fingerprint density at radius 2 is 1.80 bits per heavy atom. The lowest BCUT2D eigenvalue weighted by Gasteiger charge is -2.29. The fourth-order valence-corrected chi connectivity index (χ4v) is 3.96. The van der Waals surface area contributed by atoms with Crippen molar-refractivity contribution in [1.82, 2.24) is 4.31 Å². The Hall–Kier alpha value is -1.27. The second kappa shape index (κ2) is 6.01. The van der Waals surface area contributed by atoms with Gasteiger partial charge in [-0.15, -0.1) is 0 Å². The summed E-state index contributed by atoms with van der Waals surface area (Å²) in [4.78, 5) is 0.204. The first-order chi connectivity index (χ1) is 9.48. The molecule has 112 valence electrons. The standard InChI is InChI=1S/C14H21NO4S/c1-11-6-8-15(9-7-11)20(16,17)14-5-4-12(18-2)10-13(14)19-3/h4-5,10-11H,6-9H2,1-3H3. The van der Waals surface area contributed by atoms with E-state index >= 15 is 0 Å². The second-order valence-corrected chi connectivity index (χ2v) is 7.01. The predicted molar refractivity (Wildman–Crippen MR) is 76.7 cm³/mol. The van der Waals surface area contributed by atoms with Gasteiger partial charge in [0.05, 0.1) is 14.2 Å². The minimum Gasteiger partial charge on any atom is -0.497 e. The molecule has 0 N–H and O–H groups in total. The lowest BCUT2D eigenvalue weighted by molar-refractivity contribution is 0.286. The molecule has 0 bridgehead atoms. The van der Waals surface area contributed by atoms with E-state index in [2.05, 4.69) is 6.92 Å². The molecule has 6 heteroatoms. The van der Waals surface area contributed by atoms with Crippen molar-refractivity contribution in [3.63, 3.8) is 0 Å². The average molecular weight is 299 g/mol. The molecule has 0 aliphatic carbocycles. The van der Waals surface area contributed by atoms with Crippen LogP contribution in [-0.4, -0.2) is 40.0 Å². The molecule has 5 nitrogen and oxygen atoms in total. The van der Waals surface area contributed by atoms with Crippen LogP contribution >= 0.6 is 0 Å². The van der Waals surface area contributed by atoms with E-state index in [1.807, 2.05) is 0 Å². The number of sulfonamides is 1. The lowest BCUT2D eigenvalue weighted by Crippen LogP contribution is -2.38. The van der Waals surface area contributed by atoms with Gasteiger partial charge in [0.1, 0.15) is 16.4 Å². The van der Waals surface area contributed by atoms with Crippen LogP contribution in [0.3, 0.4) is 0 Å². The van der Waals surface area contributed by atoms with E-state index in [1.54, 1.807) is 18.2 Å². The minimum absolute atomic E-state index is 0.204. The Morgan fingerprint density at radius 1 is 1.15 bits per heavy atom. The molecule has 20 heavy (non-hydrogen) atoms. The molecule has 1 aliphatic heterocycles. The summed E-state index contributed by atoms with van der Waals surface area (Å²) < 4.78 is 37.2. The Labute approximate surface area is 120 Å². The maximum atomic E-state index is 12.7. The summed E-state index contributed by atoms with van der Waals surface area (Å²) in [6, 6.07) is 4.78. The fourth-order valence-electron chi connectivity index (χ4n) is 2.35. The highest BCUT2D eigenvalue weighted by molar-refractivity contribution is 7.89. The maximum absolute atomic E-state index is 12.7. The van der Waals surface area contributed by atoms with Crippen LogP contribution in [0, 0.1) is 5.92 Å². The van der Waals surface area contributed by atoms with Gasteiger partial charge in [0.25, 0.3) is 0 Å². The first-order valence-corrected chi connectivity index (χ1v) is 8.15. The summed E-state index contributed by atoms with van der Waals surface area (Å²) in [5.41, 5.74) is 0. The van der Waals surface area contributed by atoms with Crippen molar-refractivity contribution < 1.29 is 17.9 Å². The molecule has 1 aromatic rings. The van der Waals surface area contributed by atoms with Crippen LogP contribution < -0.4 is 9.47 Å². The number of ether oxygens (including phenoxy) is 2. The zero-order valence-corrected chi connectivity index (χ0v) is 12.9. The molecule has 0 saturated carbocycles. The van der Waals surface area contributed by atoms with E-state index in [0.717, 1.165) is 12.8 Å². The molecule has 2 rings (SSSR count). The van der Waals surface area contributed by atoms with Gasteiger partial charge in [0, 0.05) is 19.2 Å². The summed E-state index contributed by atoms with van der Waals surface area (Å²) in [5.74, 6) is 1.48. The van der Waals surface area contributed by atoms with E-state index in [0.29, 0.717) is 30.5 Å². The highest BCUT2D eigenvalue weighted by Crippen LogP contribution is 2.32. The monoisotopic (exact) mass is 299 g/mol. The van der Waals surface area contributed by atoms with Gasteiger partial charge in [-0.25, -0.2) is 8.42 Å². The van der Waals surface area contributed by atoms with Crippen LogP contribution in [0.1, 0.15) is 19.8 Å². The Bertz CT molecular complexity index is 563. The third-order valence-corrected chi connectivity index (χ3v) is 5.67. The molecular formula is C14H21NO4S. The summed E-state index contributed by atoms with van der Waals surface area (Å²) >= 11 is 0. The van der Waals surface area contributed by atoms with Crippen molar-refractivity contribution >= 4 is 10.0 Å². The molecule has 0 atom stereocenters. The number of nitrogens with zero attached hydrogens (tertiary/aromatic N) is 1. The summed E-state index contributed by atoms with van der Waals surface area (Å²) in [7, 11) is -0.499. The molecule has 0 radical (unpaired) electrons. The number of benzene rings is 1. The SMILES string of the molecule is COc1ccc(S(=O)(=O)N2CCC(C)CC2)c(OC)c1. The fraction of sp³-hybridized carbons (Fsp3) is 0.571. The van der Waals surface area contributed by atoms with E-state index in [-0.39, 0.29) is 4.90 Å². The van der Waals surface area contributed by atoms with Crippen molar-refractivity contribution in [2.45, 2.75) is 24.7 Å². The van der Waals surface area contributed by atoms with Gasteiger partial charge in [-0.1, -0.05) is 6.92 Å². The van der Waals surface area contributed by atoms with Gasteiger partial charge >= 0.3 is 0 Å². The van der Waals surface area contributed by atoms with Crippen LogP contribution in [0.15, 0.2) is 23.1 Å². The molecule has 1 aliphatic rings. The van der Waals surface area contributed by atoms with Crippen molar-refractivity contribution in [2.24, 2.45) is 5.92 Å². The smallest absolute Gasteiger partial charge is 0.246 e. The van der Waals surface area contributed by atoms with Crippen LogP contribution in [0.5, 0.6) is 11.5 Å². The molecule has 1 aromatic carbocycles. The van der Waals surface area contributed by atoms with Crippen LogP contribution in [0.2, 0.25) is 0 Å². The van der Waals surface area contributed by atoms with Crippen LogP contribution in [-0.2, 0) is 10.0 Å². The normalized spacial score (nSPS) is 17.9. The molecule has 0 spiro atoms. The van der Waals surface area contributed by atoms with Gasteiger partial charge in [-0.2, -0.15) is 4.31 Å². The molecule has 1 heterocycles. The summed E-state index contributed by atoms with van der Waals surface area (Å²) in [6.07, 6.45) is 1.80. The van der Waals surface area contributed by atoms with Gasteiger partial charge in [0.15, 0.2) is 0 Å². The second-order valence-electron chi connectivity index (χ2n) is 5.10. The largest absolute Gasteiger partial charge is 0.497 e. The number of piperidine rings is 1. The van der Waals surface area contributed by atoms with E-state index in [4.69, 9.17) is 9.47 Å². The minimum atomic E-state index is -3.50. The average Bonchev–Trinajstić information content (AvgIpc) is 2.46. The molecule has 1 fully saturated rings. The van der Waals surface area contributed by atoms with Gasteiger partial charge in [-0.3, -0.25) is 0 Å². The van der Waals surface area contributed by atoms with Crippen molar-refractivity contribution in [2.75, 3.05) is 27.3 Å². The van der Waals surface area contributed by atoms with Gasteiger partial charge in [0.2, 0.25) is 10.0 Å². The van der Waals surface area contributed by atoms with Crippen molar-refractivity contribution in [1.29, 1.82) is 0 Å². The number of hydrogen-bond donors (Lipinski definition) is 0. The Balaban J connectivity index is 2.34. The number of methoxy groups -OCH3 is 2. The van der Waals surface area contributed by atoms with Crippen LogP contribution in [0.25, 0.3) is 0 Å². The highest BCUT2D eigenvalue weighted by Gasteiger charge is 2.30. The highest BCUT2D eigenvalue weighted by atomic mass is 32.2. The molecule has 0 amide bonds. The molecule has 0 unspecified atom stereocenters. The Kier molecular flexibility index (Phi) is 4.55. The van der Waals surface area contributed by atoms with Crippen molar-refractivity contribution in [3.05, 3.63) is 18.2 Å². The first kappa shape index (κ1) is 15.1. The molecule has 0 aromatic heterocycles. The number of rotatable bonds is 4. The summed E-state index contributed by atoms with van der Waals surface area (Å²) in [5, 5.41) is 0. The number of hydrogen-bond acceptors (Lipinski definition) is 4. The third kappa shape index (κ3) is 2.91. The maximum Gasteiger partial charge on any atom is 0.246 e. The topological polar surface area (TPSA) is 55.8 Å². The molecule has 1 saturated heterocycles. The zero-order chi connectivity index (χ0) is 14.8. The van der Waals surface area contributed by atoms with Gasteiger partial charge < -0.3 is 9.47 Å². The molecular weight excluding hydrogens is 278 g/mol. The quantitative estimate of drug-likeness (QED) is 0.854.